The molecule has 2 aliphatic rings. The first-order valence-electron chi connectivity index (χ1n) is 6.11. The zero-order valence-corrected chi connectivity index (χ0v) is 11.1. The van der Waals surface area contributed by atoms with Crippen molar-refractivity contribution in [3.05, 3.63) is 0 Å². The van der Waals surface area contributed by atoms with Crippen LogP contribution in [0.5, 0.6) is 0 Å². The highest BCUT2D eigenvalue weighted by molar-refractivity contribution is 7.87. The number of hydrogen-bond acceptors (Lipinski definition) is 4. The lowest BCUT2D eigenvalue weighted by Gasteiger charge is -2.29. The average Bonchev–Trinajstić information content (AvgIpc) is 2.76. The molecule has 2 rings (SSSR count). The molecule has 17 heavy (non-hydrogen) atoms. The molecule has 0 aromatic carbocycles. The molecule has 0 aromatic rings. The van der Waals surface area contributed by atoms with Crippen molar-refractivity contribution in [3.8, 4) is 0 Å². The normalized spacial score (nSPS) is 31.8. The van der Waals surface area contributed by atoms with E-state index in [1.807, 2.05) is 6.92 Å². The van der Waals surface area contributed by atoms with Crippen molar-refractivity contribution in [1.29, 1.82) is 0 Å². The van der Waals surface area contributed by atoms with Crippen LogP contribution in [0.15, 0.2) is 0 Å². The molecule has 2 fully saturated rings. The molecule has 0 saturated carbocycles. The standard InChI is InChI=1S/C10H21N3O3S/c1-10(3-2-8-16-10)9-12-17(14,15)13-6-4-11-5-7-13/h11-12H,2-9H2,1H3. The molecule has 2 N–H and O–H groups in total. The fourth-order valence-corrected chi connectivity index (χ4v) is 3.53. The van der Waals surface area contributed by atoms with Crippen LogP contribution in [-0.2, 0) is 14.9 Å². The van der Waals surface area contributed by atoms with Crippen LogP contribution in [0.4, 0.5) is 0 Å². The van der Waals surface area contributed by atoms with Gasteiger partial charge in [0.25, 0.3) is 10.2 Å². The highest BCUT2D eigenvalue weighted by Crippen LogP contribution is 2.24. The van der Waals surface area contributed by atoms with E-state index in [0.717, 1.165) is 19.4 Å². The molecule has 2 aliphatic heterocycles. The van der Waals surface area contributed by atoms with E-state index >= 15 is 0 Å². The van der Waals surface area contributed by atoms with Gasteiger partial charge in [0, 0.05) is 39.3 Å². The van der Waals surface area contributed by atoms with Gasteiger partial charge in [-0.25, -0.2) is 0 Å². The van der Waals surface area contributed by atoms with Gasteiger partial charge >= 0.3 is 0 Å². The van der Waals surface area contributed by atoms with E-state index in [2.05, 4.69) is 10.0 Å². The Morgan fingerprint density at radius 1 is 1.41 bits per heavy atom. The van der Waals surface area contributed by atoms with Crippen LogP contribution in [0.3, 0.4) is 0 Å². The largest absolute Gasteiger partial charge is 0.374 e. The third kappa shape index (κ3) is 3.38. The Labute approximate surface area is 103 Å². The molecule has 0 radical (unpaired) electrons. The van der Waals surface area contributed by atoms with Gasteiger partial charge in [0.15, 0.2) is 0 Å². The van der Waals surface area contributed by atoms with Gasteiger partial charge in [-0.2, -0.15) is 17.4 Å². The molecule has 0 spiro atoms. The number of ether oxygens (including phenoxy) is 1. The molecule has 1 atom stereocenters. The van der Waals surface area contributed by atoms with Gasteiger partial charge < -0.3 is 10.1 Å². The summed E-state index contributed by atoms with van der Waals surface area (Å²) in [6.07, 6.45) is 1.92. The summed E-state index contributed by atoms with van der Waals surface area (Å²) < 4.78 is 33.7. The van der Waals surface area contributed by atoms with Crippen molar-refractivity contribution < 1.29 is 13.2 Å². The van der Waals surface area contributed by atoms with E-state index in [1.54, 1.807) is 0 Å². The van der Waals surface area contributed by atoms with Crippen LogP contribution < -0.4 is 10.0 Å². The van der Waals surface area contributed by atoms with Crippen LogP contribution >= 0.6 is 0 Å². The van der Waals surface area contributed by atoms with Crippen molar-refractivity contribution in [3.63, 3.8) is 0 Å². The number of piperazine rings is 1. The first kappa shape index (κ1) is 13.2. The molecule has 2 saturated heterocycles. The smallest absolute Gasteiger partial charge is 0.279 e. The van der Waals surface area contributed by atoms with Crippen molar-refractivity contribution >= 4 is 10.2 Å². The van der Waals surface area contributed by atoms with Crippen LogP contribution in [0.1, 0.15) is 19.8 Å². The summed E-state index contributed by atoms with van der Waals surface area (Å²) >= 11 is 0. The van der Waals surface area contributed by atoms with Crippen LogP contribution in [0.25, 0.3) is 0 Å². The van der Waals surface area contributed by atoms with E-state index in [-0.39, 0.29) is 5.60 Å². The maximum Gasteiger partial charge on any atom is 0.279 e. The quantitative estimate of drug-likeness (QED) is 0.703. The first-order valence-corrected chi connectivity index (χ1v) is 7.55. The Bertz CT molecular complexity index is 346. The van der Waals surface area contributed by atoms with Crippen LogP contribution in [0.2, 0.25) is 0 Å². The zero-order chi connectivity index (χ0) is 12.4. The van der Waals surface area contributed by atoms with Gasteiger partial charge in [-0.3, -0.25) is 0 Å². The average molecular weight is 263 g/mol. The van der Waals surface area contributed by atoms with E-state index in [9.17, 15) is 8.42 Å². The number of nitrogens with zero attached hydrogens (tertiary/aromatic N) is 1. The molecule has 6 nitrogen and oxygen atoms in total. The predicted molar refractivity (Wildman–Crippen MR) is 65.0 cm³/mol. The summed E-state index contributed by atoms with van der Waals surface area (Å²) in [5.74, 6) is 0. The summed E-state index contributed by atoms with van der Waals surface area (Å²) in [6, 6.07) is 0. The minimum atomic E-state index is -3.35. The lowest BCUT2D eigenvalue weighted by atomic mass is 10.0. The second kappa shape index (κ2) is 5.19. The molecule has 0 bridgehead atoms. The topological polar surface area (TPSA) is 70.7 Å². The second-order valence-corrected chi connectivity index (χ2v) is 6.63. The molecule has 0 amide bonds. The van der Waals surface area contributed by atoms with Gasteiger partial charge in [0.1, 0.15) is 0 Å². The summed E-state index contributed by atoms with van der Waals surface area (Å²) in [6.45, 7) is 5.55. The van der Waals surface area contributed by atoms with Crippen molar-refractivity contribution in [2.45, 2.75) is 25.4 Å². The lowest BCUT2D eigenvalue weighted by molar-refractivity contribution is 0.0247. The maximum atomic E-state index is 12.0. The van der Waals surface area contributed by atoms with Gasteiger partial charge in [-0.15, -0.1) is 0 Å². The van der Waals surface area contributed by atoms with Crippen molar-refractivity contribution in [2.75, 3.05) is 39.3 Å². The first-order chi connectivity index (χ1) is 8.02. The monoisotopic (exact) mass is 263 g/mol. The van der Waals surface area contributed by atoms with Crippen LogP contribution in [-0.4, -0.2) is 57.7 Å². The number of nitrogens with one attached hydrogen (secondary N) is 2. The molecule has 2 heterocycles. The summed E-state index contributed by atoms with van der Waals surface area (Å²) in [5.41, 5.74) is -0.332. The SMILES string of the molecule is CC1(CNS(=O)(=O)N2CCNCC2)CCCO1. The molecule has 1 unspecified atom stereocenters. The van der Waals surface area contributed by atoms with Gasteiger partial charge in [-0.05, 0) is 19.8 Å². The summed E-state index contributed by atoms with van der Waals surface area (Å²) in [4.78, 5) is 0. The molecular weight excluding hydrogens is 242 g/mol. The second-order valence-electron chi connectivity index (χ2n) is 4.88. The molecule has 7 heteroatoms. The van der Waals surface area contributed by atoms with E-state index < -0.39 is 10.2 Å². The predicted octanol–water partition coefficient (Wildman–Crippen LogP) is -0.705. The number of hydrogen-bond donors (Lipinski definition) is 2. The Hall–Kier alpha value is -0.210. The molecular formula is C10H21N3O3S. The Morgan fingerprint density at radius 2 is 2.12 bits per heavy atom. The summed E-state index contributed by atoms with van der Waals surface area (Å²) in [7, 11) is -3.35. The zero-order valence-electron chi connectivity index (χ0n) is 10.2. The van der Waals surface area contributed by atoms with Crippen LogP contribution in [0, 0.1) is 0 Å². The van der Waals surface area contributed by atoms with E-state index in [0.29, 0.717) is 32.7 Å². The third-order valence-corrected chi connectivity index (χ3v) is 4.90. The lowest BCUT2D eigenvalue weighted by Crippen LogP contribution is -2.52. The maximum absolute atomic E-state index is 12.0. The van der Waals surface area contributed by atoms with Gasteiger partial charge in [0.2, 0.25) is 0 Å². The summed E-state index contributed by atoms with van der Waals surface area (Å²) in [5, 5.41) is 3.13. The molecule has 100 valence electrons. The van der Waals surface area contributed by atoms with Gasteiger partial charge in [0.05, 0.1) is 5.60 Å². The van der Waals surface area contributed by atoms with Crippen molar-refractivity contribution in [2.24, 2.45) is 0 Å². The Morgan fingerprint density at radius 3 is 2.71 bits per heavy atom. The highest BCUT2D eigenvalue weighted by atomic mass is 32.2. The van der Waals surface area contributed by atoms with Crippen molar-refractivity contribution in [1.82, 2.24) is 14.3 Å². The molecule has 0 aromatic heterocycles. The minimum Gasteiger partial charge on any atom is -0.374 e. The molecule has 0 aliphatic carbocycles. The van der Waals surface area contributed by atoms with Gasteiger partial charge in [-0.1, -0.05) is 0 Å². The fraction of sp³-hybridized carbons (Fsp3) is 1.00. The van der Waals surface area contributed by atoms with E-state index in [4.69, 9.17) is 4.74 Å². The third-order valence-electron chi connectivity index (χ3n) is 3.34. The van der Waals surface area contributed by atoms with E-state index in [1.165, 1.54) is 4.31 Å². The fourth-order valence-electron chi connectivity index (χ4n) is 2.20. The Balaban J connectivity index is 1.88. The minimum absolute atomic E-state index is 0.332. The number of rotatable bonds is 4. The Kier molecular flexibility index (Phi) is 4.04. The highest BCUT2D eigenvalue weighted by Gasteiger charge is 2.32.